The number of hydrogen-bond acceptors (Lipinski definition) is 4. The summed E-state index contributed by atoms with van der Waals surface area (Å²) in [6.07, 6.45) is 3.56. The van der Waals surface area contributed by atoms with Crippen molar-refractivity contribution in [2.24, 2.45) is 0 Å². The molecule has 2 aliphatic heterocycles. The van der Waals surface area contributed by atoms with Gasteiger partial charge in [0, 0.05) is 38.0 Å². The van der Waals surface area contributed by atoms with Crippen molar-refractivity contribution in [3.8, 4) is 0 Å². The van der Waals surface area contributed by atoms with E-state index in [1.807, 2.05) is 0 Å². The van der Waals surface area contributed by atoms with Crippen LogP contribution in [0.3, 0.4) is 0 Å². The summed E-state index contributed by atoms with van der Waals surface area (Å²) in [7, 11) is 0. The van der Waals surface area contributed by atoms with Gasteiger partial charge >= 0.3 is 0 Å². The highest BCUT2D eigenvalue weighted by molar-refractivity contribution is 5.78. The van der Waals surface area contributed by atoms with Crippen molar-refractivity contribution in [1.29, 1.82) is 0 Å². The van der Waals surface area contributed by atoms with Crippen molar-refractivity contribution in [1.82, 2.24) is 9.88 Å². The van der Waals surface area contributed by atoms with Crippen molar-refractivity contribution in [2.45, 2.75) is 44.4 Å². The molecule has 1 spiro atoms. The van der Waals surface area contributed by atoms with Gasteiger partial charge in [-0.2, -0.15) is 0 Å². The van der Waals surface area contributed by atoms with E-state index in [-0.39, 0.29) is 5.60 Å². The number of piperidine rings is 1. The molecular weight excluding hydrogens is 300 g/mol. The van der Waals surface area contributed by atoms with Crippen molar-refractivity contribution in [2.75, 3.05) is 26.3 Å². The maximum absolute atomic E-state index is 6.14. The molecule has 4 heteroatoms. The Balaban J connectivity index is 1.36. The molecule has 0 saturated carbocycles. The van der Waals surface area contributed by atoms with Gasteiger partial charge < -0.3 is 9.47 Å². The van der Waals surface area contributed by atoms with Gasteiger partial charge in [-0.25, -0.2) is 0 Å². The lowest BCUT2D eigenvalue weighted by Crippen LogP contribution is -2.44. The Morgan fingerprint density at radius 1 is 1.21 bits per heavy atom. The van der Waals surface area contributed by atoms with Crippen LogP contribution in [0.2, 0.25) is 0 Å². The lowest BCUT2D eigenvalue weighted by Gasteiger charge is -2.38. The van der Waals surface area contributed by atoms with Gasteiger partial charge in [-0.3, -0.25) is 9.88 Å². The first kappa shape index (κ1) is 16.0. The predicted octanol–water partition coefficient (Wildman–Crippen LogP) is 3.39. The van der Waals surface area contributed by atoms with E-state index in [1.54, 1.807) is 0 Å². The highest BCUT2D eigenvalue weighted by Gasteiger charge is 2.42. The van der Waals surface area contributed by atoms with Crippen molar-refractivity contribution < 1.29 is 9.47 Å². The molecule has 2 fully saturated rings. The Morgan fingerprint density at radius 3 is 2.88 bits per heavy atom. The molecule has 0 aliphatic carbocycles. The molecule has 1 aromatic heterocycles. The number of fused-ring (bicyclic) bond motifs is 1. The number of rotatable bonds is 4. The van der Waals surface area contributed by atoms with E-state index in [0.717, 1.165) is 63.3 Å². The number of para-hydroxylation sites is 1. The Bertz CT molecular complexity index is 695. The van der Waals surface area contributed by atoms with Crippen LogP contribution in [0, 0.1) is 0 Å². The van der Waals surface area contributed by atoms with Crippen molar-refractivity contribution >= 4 is 10.9 Å². The number of benzene rings is 1. The van der Waals surface area contributed by atoms with Crippen LogP contribution >= 0.6 is 0 Å². The van der Waals surface area contributed by atoms with E-state index in [4.69, 9.17) is 14.5 Å². The fraction of sp³-hybridized carbons (Fsp3) is 0.550. The van der Waals surface area contributed by atoms with Crippen molar-refractivity contribution in [3.05, 3.63) is 42.1 Å². The zero-order valence-electron chi connectivity index (χ0n) is 14.4. The average Bonchev–Trinajstić information content (AvgIpc) is 3.00. The Morgan fingerprint density at radius 2 is 2.04 bits per heavy atom. The average molecular weight is 326 g/mol. The van der Waals surface area contributed by atoms with Gasteiger partial charge in [-0.1, -0.05) is 24.3 Å². The smallest absolute Gasteiger partial charge is 0.0836 e. The highest BCUT2D eigenvalue weighted by atomic mass is 16.6. The molecule has 2 aliphatic rings. The molecule has 1 aromatic carbocycles. The monoisotopic (exact) mass is 326 g/mol. The third-order valence-corrected chi connectivity index (χ3v) is 5.39. The molecule has 0 amide bonds. The summed E-state index contributed by atoms with van der Waals surface area (Å²) < 4.78 is 11.9. The summed E-state index contributed by atoms with van der Waals surface area (Å²) in [5.74, 6) is 0. The normalized spacial score (nSPS) is 24.0. The van der Waals surface area contributed by atoms with Gasteiger partial charge in [0.05, 0.1) is 29.5 Å². The summed E-state index contributed by atoms with van der Waals surface area (Å²) >= 11 is 0. The number of hydrogen-bond donors (Lipinski definition) is 0. The minimum Gasteiger partial charge on any atom is -0.376 e. The van der Waals surface area contributed by atoms with E-state index >= 15 is 0 Å². The number of nitrogens with zero attached hydrogens (tertiary/aromatic N) is 2. The van der Waals surface area contributed by atoms with Crippen LogP contribution in [0.15, 0.2) is 36.4 Å². The standard InChI is InChI=1S/C20H26N2O2/c1-2-23-18-13-20(24-15-18)9-11-22(12-10-20)14-17-8-7-16-5-3-4-6-19(16)21-17/h3-8,18H,2,9-15H2,1H3/t18-/m1/s1. The number of pyridine rings is 1. The van der Waals surface area contributed by atoms with Gasteiger partial charge in [0.25, 0.3) is 0 Å². The quantitative estimate of drug-likeness (QED) is 0.862. The van der Waals surface area contributed by atoms with Gasteiger partial charge in [0.1, 0.15) is 0 Å². The summed E-state index contributed by atoms with van der Waals surface area (Å²) in [6, 6.07) is 12.6. The van der Waals surface area contributed by atoms with Crippen LogP contribution in [0.5, 0.6) is 0 Å². The number of aromatic nitrogens is 1. The fourth-order valence-corrected chi connectivity index (χ4v) is 4.04. The maximum Gasteiger partial charge on any atom is 0.0836 e. The molecule has 2 saturated heterocycles. The largest absolute Gasteiger partial charge is 0.376 e. The third-order valence-electron chi connectivity index (χ3n) is 5.39. The Kier molecular flexibility index (Phi) is 4.53. The van der Waals surface area contributed by atoms with Crippen LogP contribution in [-0.2, 0) is 16.0 Å². The number of likely N-dealkylation sites (tertiary alicyclic amines) is 1. The first-order valence-corrected chi connectivity index (χ1v) is 9.09. The molecule has 2 aromatic rings. The van der Waals surface area contributed by atoms with E-state index in [1.165, 1.54) is 5.39 Å². The highest BCUT2D eigenvalue weighted by Crippen LogP contribution is 2.37. The summed E-state index contributed by atoms with van der Waals surface area (Å²) in [4.78, 5) is 7.30. The molecule has 4 rings (SSSR count). The molecular formula is C20H26N2O2. The molecule has 1 atom stereocenters. The van der Waals surface area contributed by atoms with Gasteiger partial charge in [-0.15, -0.1) is 0 Å². The van der Waals surface area contributed by atoms with Crippen LogP contribution < -0.4 is 0 Å². The minimum absolute atomic E-state index is 0.0626. The first-order valence-electron chi connectivity index (χ1n) is 9.09. The van der Waals surface area contributed by atoms with Crippen LogP contribution in [0.1, 0.15) is 31.9 Å². The van der Waals surface area contributed by atoms with Crippen LogP contribution in [0.4, 0.5) is 0 Å². The molecule has 128 valence electrons. The molecule has 0 unspecified atom stereocenters. The molecule has 3 heterocycles. The fourth-order valence-electron chi connectivity index (χ4n) is 4.04. The van der Waals surface area contributed by atoms with Crippen molar-refractivity contribution in [3.63, 3.8) is 0 Å². The Hall–Kier alpha value is -1.49. The second-order valence-electron chi connectivity index (χ2n) is 7.05. The molecule has 0 radical (unpaired) electrons. The lowest BCUT2D eigenvalue weighted by atomic mass is 9.88. The van der Waals surface area contributed by atoms with E-state index in [9.17, 15) is 0 Å². The molecule has 24 heavy (non-hydrogen) atoms. The van der Waals surface area contributed by atoms with E-state index in [0.29, 0.717) is 6.10 Å². The second-order valence-corrected chi connectivity index (χ2v) is 7.05. The van der Waals surface area contributed by atoms with E-state index < -0.39 is 0 Å². The predicted molar refractivity (Wildman–Crippen MR) is 95.0 cm³/mol. The molecule has 0 bridgehead atoms. The van der Waals surface area contributed by atoms with E-state index in [2.05, 4.69) is 48.2 Å². The van der Waals surface area contributed by atoms with Gasteiger partial charge in [0.15, 0.2) is 0 Å². The minimum atomic E-state index is 0.0626. The third kappa shape index (κ3) is 3.32. The summed E-state index contributed by atoms with van der Waals surface area (Å²) in [5.41, 5.74) is 2.30. The van der Waals surface area contributed by atoms with Crippen LogP contribution in [-0.4, -0.2) is 47.9 Å². The Labute approximate surface area is 143 Å². The molecule has 0 N–H and O–H groups in total. The zero-order chi connectivity index (χ0) is 16.4. The summed E-state index contributed by atoms with van der Waals surface area (Å²) in [5, 5.41) is 1.21. The molecule has 4 nitrogen and oxygen atoms in total. The summed E-state index contributed by atoms with van der Waals surface area (Å²) in [6.45, 7) is 6.69. The van der Waals surface area contributed by atoms with Crippen LogP contribution in [0.25, 0.3) is 10.9 Å². The zero-order valence-corrected chi connectivity index (χ0v) is 14.4. The first-order chi connectivity index (χ1) is 11.8. The second kappa shape index (κ2) is 6.79. The maximum atomic E-state index is 6.14. The lowest BCUT2D eigenvalue weighted by molar-refractivity contribution is -0.0465. The van der Waals surface area contributed by atoms with Gasteiger partial charge in [-0.05, 0) is 31.9 Å². The topological polar surface area (TPSA) is 34.6 Å². The SMILES string of the molecule is CCO[C@H]1COC2(CCN(Cc3ccc4ccccc4n3)CC2)C1. The van der Waals surface area contributed by atoms with Gasteiger partial charge in [0.2, 0.25) is 0 Å². The number of ether oxygens (including phenoxy) is 2.